The number of nitrogens with zero attached hydrogens (tertiary/aromatic N) is 3. The molecular formula is C23H22N4O. The first-order chi connectivity index (χ1) is 13.7. The lowest BCUT2D eigenvalue weighted by Gasteiger charge is -2.16. The van der Waals surface area contributed by atoms with E-state index in [1.165, 1.54) is 23.7 Å². The fraction of sp³-hybridized carbons (Fsp3) is 0.304. The fourth-order valence-electron chi connectivity index (χ4n) is 4.49. The van der Waals surface area contributed by atoms with Gasteiger partial charge < -0.3 is 14.5 Å². The third-order valence-electron chi connectivity index (χ3n) is 6.21. The maximum Gasteiger partial charge on any atom is 0.251 e. The van der Waals surface area contributed by atoms with Crippen LogP contribution in [0, 0.1) is 5.92 Å². The number of imidazole rings is 1. The normalized spacial score (nSPS) is 16.5. The van der Waals surface area contributed by atoms with Gasteiger partial charge >= 0.3 is 0 Å². The number of nitrogens with one attached hydrogen (secondary N) is 1. The molecule has 0 atom stereocenters. The third-order valence-corrected chi connectivity index (χ3v) is 6.21. The summed E-state index contributed by atoms with van der Waals surface area (Å²) in [5.41, 5.74) is 6.29. The van der Waals surface area contributed by atoms with Crippen LogP contribution in [0.15, 0.2) is 42.5 Å². The van der Waals surface area contributed by atoms with Crippen molar-refractivity contribution in [1.82, 2.24) is 19.4 Å². The molecule has 1 fully saturated rings. The minimum absolute atomic E-state index is 0.0122. The zero-order chi connectivity index (χ0) is 18.8. The lowest BCUT2D eigenvalue weighted by molar-refractivity contribution is 0.0946. The Bertz CT molecular complexity index is 1260. The first kappa shape index (κ1) is 15.9. The summed E-state index contributed by atoms with van der Waals surface area (Å²) in [6, 6.07) is 14.9. The number of amides is 1. The Balaban J connectivity index is 1.58. The molecule has 6 rings (SSSR count). The van der Waals surface area contributed by atoms with Crippen molar-refractivity contribution in [3.05, 3.63) is 53.6 Å². The summed E-state index contributed by atoms with van der Waals surface area (Å²) in [5.74, 6) is 1.76. The van der Waals surface area contributed by atoms with Crippen molar-refractivity contribution < 1.29 is 4.79 Å². The molecule has 0 spiro atoms. The summed E-state index contributed by atoms with van der Waals surface area (Å²) in [6.45, 7) is 1.75. The van der Waals surface area contributed by atoms with Crippen LogP contribution in [0.25, 0.3) is 33.5 Å². The average Bonchev–Trinajstić information content (AvgIpc) is 3.38. The minimum atomic E-state index is 0.0122. The lowest BCUT2D eigenvalue weighted by atomic mass is 9.99. The predicted octanol–water partition coefficient (Wildman–Crippen LogP) is 3.89. The molecule has 0 saturated heterocycles. The number of carbonyl (C=O) groups is 1. The predicted molar refractivity (Wildman–Crippen MR) is 110 cm³/mol. The van der Waals surface area contributed by atoms with Gasteiger partial charge in [0, 0.05) is 36.6 Å². The van der Waals surface area contributed by atoms with E-state index in [1.54, 1.807) is 0 Å². The molecule has 2 aromatic carbocycles. The molecule has 5 heteroatoms. The zero-order valence-corrected chi connectivity index (χ0v) is 15.9. The van der Waals surface area contributed by atoms with E-state index in [-0.39, 0.29) is 5.91 Å². The summed E-state index contributed by atoms with van der Waals surface area (Å²) < 4.78 is 4.61. The largest absolute Gasteiger partial charge is 0.352 e. The van der Waals surface area contributed by atoms with Crippen LogP contribution in [0.1, 0.15) is 28.8 Å². The van der Waals surface area contributed by atoms with Gasteiger partial charge in [0.25, 0.3) is 5.91 Å². The van der Waals surface area contributed by atoms with Gasteiger partial charge in [-0.3, -0.25) is 4.79 Å². The molecule has 2 aliphatic rings. The van der Waals surface area contributed by atoms with E-state index in [0.29, 0.717) is 6.54 Å². The van der Waals surface area contributed by atoms with E-state index in [0.717, 1.165) is 52.6 Å². The number of para-hydroxylation sites is 1. The standard InChI is InChI=1S/C23H22N4O/c1-26-20-10-15-8-9-24-23(28)17(15)12-18(20)25-22(26)21-11-16-4-2-3-5-19(16)27(21)13-14-6-7-14/h2-5,10-12,14H,6-9,13H2,1H3,(H,24,28). The number of aryl methyl sites for hydroxylation is 1. The highest BCUT2D eigenvalue weighted by molar-refractivity contribution is 6.00. The summed E-state index contributed by atoms with van der Waals surface area (Å²) in [6.07, 6.45) is 3.51. The van der Waals surface area contributed by atoms with Crippen LogP contribution in [0.5, 0.6) is 0 Å². The molecule has 0 radical (unpaired) electrons. The van der Waals surface area contributed by atoms with Crippen LogP contribution in [0.2, 0.25) is 0 Å². The first-order valence-electron chi connectivity index (χ1n) is 10.1. The van der Waals surface area contributed by atoms with Gasteiger partial charge in [-0.25, -0.2) is 4.98 Å². The van der Waals surface area contributed by atoms with Gasteiger partial charge in [0.05, 0.1) is 16.7 Å². The smallest absolute Gasteiger partial charge is 0.251 e. The van der Waals surface area contributed by atoms with Crippen LogP contribution in [-0.4, -0.2) is 26.6 Å². The van der Waals surface area contributed by atoms with Gasteiger partial charge in [-0.05, 0) is 55.0 Å². The van der Waals surface area contributed by atoms with Crippen molar-refractivity contribution in [2.75, 3.05) is 6.54 Å². The van der Waals surface area contributed by atoms with E-state index in [1.807, 2.05) is 6.07 Å². The SMILES string of the molecule is Cn1c(-c2cc3ccccc3n2CC2CC2)nc2cc3c(cc21)CCNC3=O. The van der Waals surface area contributed by atoms with Crippen LogP contribution >= 0.6 is 0 Å². The number of carbonyl (C=O) groups excluding carboxylic acids is 1. The van der Waals surface area contributed by atoms with Gasteiger partial charge in [0.15, 0.2) is 5.82 Å². The zero-order valence-electron chi connectivity index (χ0n) is 15.9. The summed E-state index contributed by atoms with van der Waals surface area (Å²) in [5, 5.41) is 4.19. The van der Waals surface area contributed by atoms with E-state index >= 15 is 0 Å². The number of fused-ring (bicyclic) bond motifs is 3. The molecule has 140 valence electrons. The summed E-state index contributed by atoms with van der Waals surface area (Å²) >= 11 is 0. The van der Waals surface area contributed by atoms with Gasteiger partial charge in [-0.1, -0.05) is 18.2 Å². The topological polar surface area (TPSA) is 51.9 Å². The highest BCUT2D eigenvalue weighted by atomic mass is 16.1. The maximum atomic E-state index is 12.2. The molecule has 0 unspecified atom stereocenters. The Morgan fingerprint density at radius 2 is 2.00 bits per heavy atom. The van der Waals surface area contributed by atoms with Gasteiger partial charge in [0.1, 0.15) is 0 Å². The van der Waals surface area contributed by atoms with Crippen molar-refractivity contribution in [3.8, 4) is 11.5 Å². The number of aromatic nitrogens is 3. The molecule has 1 N–H and O–H groups in total. The molecule has 3 heterocycles. The van der Waals surface area contributed by atoms with Gasteiger partial charge in [-0.15, -0.1) is 0 Å². The Kier molecular flexibility index (Phi) is 3.25. The van der Waals surface area contributed by atoms with Crippen LogP contribution in [0.4, 0.5) is 0 Å². The van der Waals surface area contributed by atoms with E-state index < -0.39 is 0 Å². The molecule has 5 nitrogen and oxygen atoms in total. The molecule has 28 heavy (non-hydrogen) atoms. The molecule has 2 aromatic heterocycles. The third kappa shape index (κ3) is 2.32. The van der Waals surface area contributed by atoms with E-state index in [2.05, 4.69) is 57.9 Å². The molecule has 1 saturated carbocycles. The fourth-order valence-corrected chi connectivity index (χ4v) is 4.49. The Labute approximate surface area is 163 Å². The minimum Gasteiger partial charge on any atom is -0.352 e. The van der Waals surface area contributed by atoms with Crippen molar-refractivity contribution >= 4 is 27.8 Å². The highest BCUT2D eigenvalue weighted by Crippen LogP contribution is 2.36. The molecule has 1 aliphatic heterocycles. The van der Waals surface area contributed by atoms with E-state index in [9.17, 15) is 4.79 Å². The Morgan fingerprint density at radius 1 is 1.14 bits per heavy atom. The van der Waals surface area contributed by atoms with Gasteiger partial charge in [0.2, 0.25) is 0 Å². The molecule has 4 aromatic rings. The molecule has 0 bridgehead atoms. The van der Waals surface area contributed by atoms with E-state index in [4.69, 9.17) is 4.98 Å². The van der Waals surface area contributed by atoms with Crippen molar-refractivity contribution in [2.45, 2.75) is 25.8 Å². The second-order valence-electron chi connectivity index (χ2n) is 8.14. The number of rotatable bonds is 3. The monoisotopic (exact) mass is 370 g/mol. The first-order valence-corrected chi connectivity index (χ1v) is 10.1. The average molecular weight is 370 g/mol. The number of hydrogen-bond donors (Lipinski definition) is 1. The van der Waals surface area contributed by atoms with Crippen LogP contribution in [0.3, 0.4) is 0 Å². The van der Waals surface area contributed by atoms with Crippen LogP contribution < -0.4 is 5.32 Å². The van der Waals surface area contributed by atoms with Gasteiger partial charge in [-0.2, -0.15) is 0 Å². The lowest BCUT2D eigenvalue weighted by Crippen LogP contribution is -2.31. The van der Waals surface area contributed by atoms with Crippen molar-refractivity contribution in [3.63, 3.8) is 0 Å². The Hall–Kier alpha value is -3.08. The second kappa shape index (κ2) is 5.71. The number of hydrogen-bond acceptors (Lipinski definition) is 2. The molecule has 1 amide bonds. The maximum absolute atomic E-state index is 12.2. The molecular weight excluding hydrogens is 348 g/mol. The molecule has 1 aliphatic carbocycles. The quantitative estimate of drug-likeness (QED) is 0.595. The highest BCUT2D eigenvalue weighted by Gasteiger charge is 2.26. The number of benzene rings is 2. The second-order valence-corrected chi connectivity index (χ2v) is 8.14. The summed E-state index contributed by atoms with van der Waals surface area (Å²) in [4.78, 5) is 17.2. The Morgan fingerprint density at radius 3 is 2.86 bits per heavy atom. The van der Waals surface area contributed by atoms with Crippen molar-refractivity contribution in [2.24, 2.45) is 13.0 Å². The van der Waals surface area contributed by atoms with Crippen molar-refractivity contribution in [1.29, 1.82) is 0 Å². The summed E-state index contributed by atoms with van der Waals surface area (Å²) in [7, 11) is 2.08. The van der Waals surface area contributed by atoms with Crippen LogP contribution in [-0.2, 0) is 20.0 Å².